The number of ether oxygens (including phenoxy) is 2. The van der Waals surface area contributed by atoms with Crippen LogP contribution >= 0.6 is 12.4 Å². The first-order chi connectivity index (χ1) is 8.13. The molecule has 0 amide bonds. The van der Waals surface area contributed by atoms with Crippen molar-refractivity contribution in [1.82, 2.24) is 0 Å². The normalized spacial score (nSPS) is 9.22. The SMILES string of the molecule is CCOC(=O)COC(=O)Cc1ccccc1C.Cl. The molecular weight excluding hydrogens is 256 g/mol. The monoisotopic (exact) mass is 272 g/mol. The van der Waals surface area contributed by atoms with Crippen molar-refractivity contribution in [1.29, 1.82) is 0 Å². The first kappa shape index (κ1) is 16.4. The minimum absolute atomic E-state index is 0. The van der Waals surface area contributed by atoms with Gasteiger partial charge in [-0.15, -0.1) is 12.4 Å². The molecule has 0 saturated heterocycles. The number of benzene rings is 1. The van der Waals surface area contributed by atoms with Gasteiger partial charge in [-0.05, 0) is 25.0 Å². The van der Waals surface area contributed by atoms with Crippen molar-refractivity contribution in [2.75, 3.05) is 13.2 Å². The van der Waals surface area contributed by atoms with Crippen LogP contribution in [-0.2, 0) is 25.5 Å². The van der Waals surface area contributed by atoms with E-state index in [-0.39, 0.29) is 32.0 Å². The second-order valence-corrected chi connectivity index (χ2v) is 3.57. The van der Waals surface area contributed by atoms with Crippen LogP contribution in [0.2, 0.25) is 0 Å². The number of halogens is 1. The number of carbonyl (C=O) groups is 2. The Labute approximate surface area is 113 Å². The lowest BCUT2D eigenvalue weighted by atomic mass is 10.1. The standard InChI is InChI=1S/C13H16O4.ClH/c1-3-16-13(15)9-17-12(14)8-11-7-5-4-6-10(11)2;/h4-7H,3,8-9H2,1-2H3;1H. The number of hydrogen-bond donors (Lipinski definition) is 0. The Morgan fingerprint density at radius 3 is 2.39 bits per heavy atom. The van der Waals surface area contributed by atoms with E-state index in [1.165, 1.54) is 0 Å². The maximum Gasteiger partial charge on any atom is 0.344 e. The molecule has 1 aromatic carbocycles. The summed E-state index contributed by atoms with van der Waals surface area (Å²) in [6.45, 7) is 3.59. The first-order valence-corrected chi connectivity index (χ1v) is 5.49. The lowest BCUT2D eigenvalue weighted by molar-refractivity contribution is -0.158. The highest BCUT2D eigenvalue weighted by Gasteiger charge is 2.09. The molecule has 0 atom stereocenters. The lowest BCUT2D eigenvalue weighted by Gasteiger charge is -2.06. The van der Waals surface area contributed by atoms with Crippen LogP contribution in [0.5, 0.6) is 0 Å². The van der Waals surface area contributed by atoms with Gasteiger partial charge in [0.2, 0.25) is 0 Å². The number of esters is 2. The summed E-state index contributed by atoms with van der Waals surface area (Å²) in [6.07, 6.45) is 0.173. The third-order valence-electron chi connectivity index (χ3n) is 2.25. The molecule has 0 heterocycles. The van der Waals surface area contributed by atoms with Crippen LogP contribution < -0.4 is 0 Å². The van der Waals surface area contributed by atoms with Gasteiger partial charge in [0, 0.05) is 0 Å². The van der Waals surface area contributed by atoms with Gasteiger partial charge in [-0.3, -0.25) is 4.79 Å². The molecule has 0 unspecified atom stereocenters. The molecule has 0 N–H and O–H groups in total. The molecule has 1 rings (SSSR count). The van der Waals surface area contributed by atoms with E-state index in [1.807, 2.05) is 31.2 Å². The van der Waals surface area contributed by atoms with Crippen LogP contribution in [0.25, 0.3) is 0 Å². The smallest absolute Gasteiger partial charge is 0.344 e. The van der Waals surface area contributed by atoms with E-state index in [1.54, 1.807) is 6.92 Å². The van der Waals surface area contributed by atoms with Crippen molar-refractivity contribution < 1.29 is 19.1 Å². The van der Waals surface area contributed by atoms with Crippen LogP contribution in [-0.4, -0.2) is 25.2 Å². The van der Waals surface area contributed by atoms with Gasteiger partial charge in [0.25, 0.3) is 0 Å². The topological polar surface area (TPSA) is 52.6 Å². The van der Waals surface area contributed by atoms with Crippen LogP contribution in [0.3, 0.4) is 0 Å². The van der Waals surface area contributed by atoms with Gasteiger partial charge in [-0.25, -0.2) is 4.79 Å². The Balaban J connectivity index is 0.00000289. The van der Waals surface area contributed by atoms with E-state index in [9.17, 15) is 9.59 Å². The molecular formula is C13H17ClO4. The summed E-state index contributed by atoms with van der Waals surface area (Å²) in [5.74, 6) is -0.946. The Hall–Kier alpha value is -1.55. The fraction of sp³-hybridized carbons (Fsp3) is 0.385. The summed E-state index contributed by atoms with van der Waals surface area (Å²) in [7, 11) is 0. The average molecular weight is 273 g/mol. The molecule has 0 aliphatic rings. The summed E-state index contributed by atoms with van der Waals surface area (Å²) in [6, 6.07) is 7.55. The van der Waals surface area contributed by atoms with Crippen molar-refractivity contribution in [2.45, 2.75) is 20.3 Å². The number of rotatable bonds is 5. The average Bonchev–Trinajstić information content (AvgIpc) is 2.30. The van der Waals surface area contributed by atoms with Gasteiger partial charge in [0.05, 0.1) is 13.0 Å². The van der Waals surface area contributed by atoms with E-state index in [2.05, 4.69) is 4.74 Å². The number of carbonyl (C=O) groups excluding carboxylic acids is 2. The molecule has 18 heavy (non-hydrogen) atoms. The third kappa shape index (κ3) is 5.68. The highest BCUT2D eigenvalue weighted by atomic mass is 35.5. The van der Waals surface area contributed by atoms with E-state index in [0.29, 0.717) is 0 Å². The quantitative estimate of drug-likeness (QED) is 0.770. The fourth-order valence-electron chi connectivity index (χ4n) is 1.36. The van der Waals surface area contributed by atoms with Gasteiger partial charge in [-0.1, -0.05) is 24.3 Å². The summed E-state index contributed by atoms with van der Waals surface area (Å²) >= 11 is 0. The third-order valence-corrected chi connectivity index (χ3v) is 2.25. The predicted octanol–water partition coefficient (Wildman–Crippen LogP) is 2.07. The second kappa shape index (κ2) is 8.53. The Kier molecular flexibility index (Phi) is 7.79. The predicted molar refractivity (Wildman–Crippen MR) is 69.7 cm³/mol. The van der Waals surface area contributed by atoms with E-state index < -0.39 is 11.9 Å². The van der Waals surface area contributed by atoms with Gasteiger partial charge in [-0.2, -0.15) is 0 Å². The zero-order chi connectivity index (χ0) is 12.7. The maximum absolute atomic E-state index is 11.4. The molecule has 0 aliphatic carbocycles. The van der Waals surface area contributed by atoms with Gasteiger partial charge >= 0.3 is 11.9 Å². The van der Waals surface area contributed by atoms with E-state index >= 15 is 0 Å². The Morgan fingerprint density at radius 1 is 1.11 bits per heavy atom. The van der Waals surface area contributed by atoms with Crippen molar-refractivity contribution in [3.05, 3.63) is 35.4 Å². The molecule has 0 fully saturated rings. The van der Waals surface area contributed by atoms with Crippen LogP contribution in [0.15, 0.2) is 24.3 Å². The Morgan fingerprint density at radius 2 is 1.78 bits per heavy atom. The van der Waals surface area contributed by atoms with Crippen LogP contribution in [0.4, 0.5) is 0 Å². The first-order valence-electron chi connectivity index (χ1n) is 5.49. The largest absolute Gasteiger partial charge is 0.463 e. The lowest BCUT2D eigenvalue weighted by Crippen LogP contribution is -2.17. The summed E-state index contributed by atoms with van der Waals surface area (Å²) < 4.78 is 9.45. The molecule has 0 radical (unpaired) electrons. The summed E-state index contributed by atoms with van der Waals surface area (Å²) in [5.41, 5.74) is 1.93. The molecule has 0 spiro atoms. The number of hydrogen-bond acceptors (Lipinski definition) is 4. The summed E-state index contributed by atoms with van der Waals surface area (Å²) in [4.78, 5) is 22.4. The van der Waals surface area contributed by atoms with Gasteiger partial charge < -0.3 is 9.47 Å². The van der Waals surface area contributed by atoms with E-state index in [0.717, 1.165) is 11.1 Å². The molecule has 0 aromatic heterocycles. The van der Waals surface area contributed by atoms with Crippen molar-refractivity contribution in [2.24, 2.45) is 0 Å². The zero-order valence-electron chi connectivity index (χ0n) is 10.5. The highest BCUT2D eigenvalue weighted by Crippen LogP contribution is 2.08. The van der Waals surface area contributed by atoms with Gasteiger partial charge in [0.15, 0.2) is 6.61 Å². The highest BCUT2D eigenvalue weighted by molar-refractivity contribution is 5.85. The fourth-order valence-corrected chi connectivity index (χ4v) is 1.36. The second-order valence-electron chi connectivity index (χ2n) is 3.57. The molecule has 0 aliphatic heterocycles. The van der Waals surface area contributed by atoms with Crippen molar-refractivity contribution >= 4 is 24.3 Å². The van der Waals surface area contributed by atoms with Crippen molar-refractivity contribution in [3.63, 3.8) is 0 Å². The molecule has 0 bridgehead atoms. The van der Waals surface area contributed by atoms with Crippen LogP contribution in [0.1, 0.15) is 18.1 Å². The van der Waals surface area contributed by atoms with E-state index in [4.69, 9.17) is 4.74 Å². The maximum atomic E-state index is 11.4. The molecule has 0 saturated carbocycles. The molecule has 100 valence electrons. The molecule has 4 nitrogen and oxygen atoms in total. The molecule has 5 heteroatoms. The Bertz CT molecular complexity index is 404. The minimum atomic E-state index is -0.523. The van der Waals surface area contributed by atoms with Gasteiger partial charge in [0.1, 0.15) is 0 Å². The van der Waals surface area contributed by atoms with Crippen LogP contribution in [0, 0.1) is 6.92 Å². The summed E-state index contributed by atoms with van der Waals surface area (Å²) in [5, 5.41) is 0. The molecule has 1 aromatic rings. The number of aryl methyl sites for hydroxylation is 1. The van der Waals surface area contributed by atoms with Crippen molar-refractivity contribution in [3.8, 4) is 0 Å². The zero-order valence-corrected chi connectivity index (χ0v) is 11.3. The minimum Gasteiger partial charge on any atom is -0.463 e.